The normalized spacial score (nSPS) is 13.6. The van der Waals surface area contributed by atoms with Crippen molar-refractivity contribution < 1.29 is 22.7 Å². The van der Waals surface area contributed by atoms with Gasteiger partial charge in [-0.15, -0.1) is 0 Å². The van der Waals surface area contributed by atoms with Gasteiger partial charge in [-0.1, -0.05) is 24.3 Å². The first-order chi connectivity index (χ1) is 13.4. The molecule has 0 saturated heterocycles. The monoisotopic (exact) mass is 402 g/mol. The molecule has 7 nitrogen and oxygen atoms in total. The van der Waals surface area contributed by atoms with Crippen LogP contribution in [0.5, 0.6) is 0 Å². The molecule has 8 heteroatoms. The van der Waals surface area contributed by atoms with E-state index in [1.165, 1.54) is 28.6 Å². The second kappa shape index (κ2) is 8.43. The molecule has 0 bridgehead atoms. The number of nitrogens with zero attached hydrogens (tertiary/aromatic N) is 1. The van der Waals surface area contributed by atoms with Crippen LogP contribution in [0.3, 0.4) is 0 Å². The molecule has 1 aliphatic carbocycles. The molecule has 2 aromatic carbocycles. The van der Waals surface area contributed by atoms with Gasteiger partial charge in [-0.3, -0.25) is 9.10 Å². The van der Waals surface area contributed by atoms with E-state index in [-0.39, 0.29) is 29.0 Å². The summed E-state index contributed by atoms with van der Waals surface area (Å²) >= 11 is 0. The SMILES string of the molecule is CCN(c1ccccc1)S(=O)(=O)c1cccc(C(=O)OCC(=O)NC2CC2)c1. The van der Waals surface area contributed by atoms with Crippen molar-refractivity contribution in [2.45, 2.75) is 30.7 Å². The van der Waals surface area contributed by atoms with Crippen LogP contribution in [0.25, 0.3) is 0 Å². The number of anilines is 1. The molecule has 0 unspecified atom stereocenters. The fourth-order valence-corrected chi connectivity index (χ4v) is 4.23. The molecule has 28 heavy (non-hydrogen) atoms. The van der Waals surface area contributed by atoms with Crippen molar-refractivity contribution in [1.29, 1.82) is 0 Å². The van der Waals surface area contributed by atoms with Crippen LogP contribution in [-0.2, 0) is 19.6 Å². The van der Waals surface area contributed by atoms with Crippen molar-refractivity contribution in [2.24, 2.45) is 0 Å². The molecule has 0 aliphatic heterocycles. The van der Waals surface area contributed by atoms with Gasteiger partial charge in [-0.2, -0.15) is 0 Å². The van der Waals surface area contributed by atoms with E-state index in [1.807, 2.05) is 0 Å². The topological polar surface area (TPSA) is 92.8 Å². The minimum atomic E-state index is -3.85. The van der Waals surface area contributed by atoms with Crippen molar-refractivity contribution in [3.05, 3.63) is 60.2 Å². The maximum atomic E-state index is 13.0. The van der Waals surface area contributed by atoms with Gasteiger partial charge in [0.05, 0.1) is 16.1 Å². The Morgan fingerprint density at radius 2 is 1.82 bits per heavy atom. The van der Waals surface area contributed by atoms with Gasteiger partial charge in [0.15, 0.2) is 6.61 Å². The molecular weight excluding hydrogens is 380 g/mol. The number of nitrogens with one attached hydrogen (secondary N) is 1. The van der Waals surface area contributed by atoms with Crippen LogP contribution in [0.4, 0.5) is 5.69 Å². The Morgan fingerprint density at radius 1 is 1.11 bits per heavy atom. The second-order valence-electron chi connectivity index (χ2n) is 6.45. The van der Waals surface area contributed by atoms with Gasteiger partial charge in [0.2, 0.25) is 0 Å². The third-order valence-corrected chi connectivity index (χ3v) is 6.16. The van der Waals surface area contributed by atoms with Crippen molar-refractivity contribution in [3.63, 3.8) is 0 Å². The molecule has 0 heterocycles. The summed E-state index contributed by atoms with van der Waals surface area (Å²) in [4.78, 5) is 23.9. The molecule has 0 aromatic heterocycles. The number of esters is 1. The van der Waals surface area contributed by atoms with Gasteiger partial charge in [0.1, 0.15) is 0 Å². The van der Waals surface area contributed by atoms with Crippen molar-refractivity contribution in [1.82, 2.24) is 5.32 Å². The van der Waals surface area contributed by atoms with E-state index < -0.39 is 22.6 Å². The smallest absolute Gasteiger partial charge is 0.338 e. The standard InChI is InChI=1S/C20H22N2O5S/c1-2-22(17-8-4-3-5-9-17)28(25,26)18-10-6-7-15(13-18)20(24)27-14-19(23)21-16-11-12-16/h3-10,13,16H,2,11-12,14H2,1H3,(H,21,23). The van der Waals surface area contributed by atoms with E-state index in [1.54, 1.807) is 37.3 Å². The number of amides is 1. The van der Waals surface area contributed by atoms with Crippen molar-refractivity contribution >= 4 is 27.6 Å². The Balaban J connectivity index is 1.75. The maximum Gasteiger partial charge on any atom is 0.338 e. The van der Waals surface area contributed by atoms with Gasteiger partial charge in [0.25, 0.3) is 15.9 Å². The number of hydrogen-bond acceptors (Lipinski definition) is 5. The number of rotatable bonds is 8. The number of benzene rings is 2. The Kier molecular flexibility index (Phi) is 5.99. The summed E-state index contributed by atoms with van der Waals surface area (Å²) in [6, 6.07) is 14.5. The Hall–Kier alpha value is -2.87. The lowest BCUT2D eigenvalue weighted by atomic mass is 10.2. The summed E-state index contributed by atoms with van der Waals surface area (Å²) in [6.45, 7) is 1.58. The minimum absolute atomic E-state index is 0.0184. The molecule has 0 spiro atoms. The maximum absolute atomic E-state index is 13.0. The van der Waals surface area contributed by atoms with E-state index in [2.05, 4.69) is 5.32 Å². The fraction of sp³-hybridized carbons (Fsp3) is 0.300. The summed E-state index contributed by atoms with van der Waals surface area (Å²) in [6.07, 6.45) is 1.88. The number of hydrogen-bond donors (Lipinski definition) is 1. The minimum Gasteiger partial charge on any atom is -0.452 e. The molecule has 148 valence electrons. The number of carbonyl (C=O) groups excluding carboxylic acids is 2. The fourth-order valence-electron chi connectivity index (χ4n) is 2.71. The molecule has 1 saturated carbocycles. The van der Waals surface area contributed by atoms with Crippen molar-refractivity contribution in [2.75, 3.05) is 17.5 Å². The molecule has 0 radical (unpaired) electrons. The predicted molar refractivity (Wildman–Crippen MR) is 105 cm³/mol. The molecule has 1 fully saturated rings. The highest BCUT2D eigenvalue weighted by Crippen LogP contribution is 2.24. The summed E-state index contributed by atoms with van der Waals surface area (Å²) in [5, 5.41) is 2.72. The Labute approximate surface area is 164 Å². The lowest BCUT2D eigenvalue weighted by Gasteiger charge is -2.23. The van der Waals surface area contributed by atoms with E-state index in [0.29, 0.717) is 5.69 Å². The Morgan fingerprint density at radius 3 is 2.46 bits per heavy atom. The third kappa shape index (κ3) is 4.69. The van der Waals surface area contributed by atoms with Gasteiger partial charge >= 0.3 is 5.97 Å². The molecule has 1 N–H and O–H groups in total. The zero-order chi connectivity index (χ0) is 20.1. The Bertz CT molecular complexity index is 956. The van der Waals surface area contributed by atoms with E-state index in [0.717, 1.165) is 12.8 Å². The van der Waals surface area contributed by atoms with Crippen LogP contribution in [0.2, 0.25) is 0 Å². The third-order valence-electron chi connectivity index (χ3n) is 4.27. The first-order valence-electron chi connectivity index (χ1n) is 9.06. The van der Waals surface area contributed by atoms with Gasteiger partial charge in [-0.25, -0.2) is 13.2 Å². The molecule has 0 atom stereocenters. The number of carbonyl (C=O) groups is 2. The first-order valence-corrected chi connectivity index (χ1v) is 10.5. The van der Waals surface area contributed by atoms with E-state index >= 15 is 0 Å². The highest BCUT2D eigenvalue weighted by molar-refractivity contribution is 7.92. The van der Waals surface area contributed by atoms with Gasteiger partial charge < -0.3 is 10.1 Å². The molecular formula is C20H22N2O5S. The lowest BCUT2D eigenvalue weighted by molar-refractivity contribution is -0.124. The summed E-state index contributed by atoms with van der Waals surface area (Å²) in [5.41, 5.74) is 0.610. The molecule has 1 amide bonds. The van der Waals surface area contributed by atoms with Crippen LogP contribution in [0.15, 0.2) is 59.5 Å². The molecule has 1 aliphatic rings. The summed E-state index contributed by atoms with van der Waals surface area (Å²) in [7, 11) is -3.85. The first kappa shape index (κ1) is 19.9. The average molecular weight is 402 g/mol. The quantitative estimate of drug-likeness (QED) is 0.684. The summed E-state index contributed by atoms with van der Waals surface area (Å²) in [5.74, 6) is -1.10. The second-order valence-corrected chi connectivity index (χ2v) is 8.31. The van der Waals surface area contributed by atoms with Crippen molar-refractivity contribution in [3.8, 4) is 0 Å². The number of para-hydroxylation sites is 1. The van der Waals surface area contributed by atoms with Crippen LogP contribution in [0.1, 0.15) is 30.1 Å². The zero-order valence-corrected chi connectivity index (χ0v) is 16.3. The average Bonchev–Trinajstić information content (AvgIpc) is 3.51. The van der Waals surface area contributed by atoms with Crippen LogP contribution >= 0.6 is 0 Å². The number of ether oxygens (including phenoxy) is 1. The van der Waals surface area contributed by atoms with Crippen LogP contribution in [-0.4, -0.2) is 39.5 Å². The number of sulfonamides is 1. The van der Waals surface area contributed by atoms with E-state index in [4.69, 9.17) is 4.74 Å². The van der Waals surface area contributed by atoms with Gasteiger partial charge in [-0.05, 0) is 50.1 Å². The van der Waals surface area contributed by atoms with Crippen LogP contribution < -0.4 is 9.62 Å². The highest BCUT2D eigenvalue weighted by atomic mass is 32.2. The largest absolute Gasteiger partial charge is 0.452 e. The zero-order valence-electron chi connectivity index (χ0n) is 15.5. The van der Waals surface area contributed by atoms with Gasteiger partial charge in [0, 0.05) is 12.6 Å². The van der Waals surface area contributed by atoms with E-state index in [9.17, 15) is 18.0 Å². The lowest BCUT2D eigenvalue weighted by Crippen LogP contribution is -2.31. The highest BCUT2D eigenvalue weighted by Gasteiger charge is 2.26. The predicted octanol–water partition coefficient (Wildman–Crippen LogP) is 2.34. The molecule has 2 aromatic rings. The molecule has 3 rings (SSSR count). The van der Waals surface area contributed by atoms with Crippen LogP contribution in [0, 0.1) is 0 Å². The summed E-state index contributed by atoms with van der Waals surface area (Å²) < 4.78 is 32.3.